The number of hydrogen-bond donors (Lipinski definition) is 3. The second kappa shape index (κ2) is 26.1. The summed E-state index contributed by atoms with van der Waals surface area (Å²) >= 11 is 0. The van der Waals surface area contributed by atoms with Crippen molar-refractivity contribution in [2.75, 3.05) is 13.2 Å². The van der Waals surface area contributed by atoms with Gasteiger partial charge in [-0.3, -0.25) is 14.4 Å². The fourth-order valence-corrected chi connectivity index (χ4v) is 6.96. The van der Waals surface area contributed by atoms with E-state index in [2.05, 4.69) is 41.8 Å². The maximum atomic E-state index is 13.6. The van der Waals surface area contributed by atoms with Crippen molar-refractivity contribution in [1.29, 1.82) is 0 Å². The lowest BCUT2D eigenvalue weighted by molar-refractivity contribution is -0.304. The summed E-state index contributed by atoms with van der Waals surface area (Å²) in [5.41, 5.74) is 0.635. The van der Waals surface area contributed by atoms with Gasteiger partial charge in [0, 0.05) is 24.4 Å². The van der Waals surface area contributed by atoms with Gasteiger partial charge in [-0.05, 0) is 83.6 Å². The molecule has 1 aliphatic heterocycles. The molecule has 3 atom stereocenters. The predicted octanol–water partition coefficient (Wildman–Crippen LogP) is 10.1. The van der Waals surface area contributed by atoms with Gasteiger partial charge in [0.1, 0.15) is 6.10 Å². The average molecular weight is 727 g/mol. The van der Waals surface area contributed by atoms with Crippen molar-refractivity contribution in [3.8, 4) is 0 Å². The summed E-state index contributed by atoms with van der Waals surface area (Å²) in [7, 11) is 0. The topological polar surface area (TPSA) is 114 Å². The van der Waals surface area contributed by atoms with Gasteiger partial charge in [-0.1, -0.05) is 127 Å². The number of allylic oxidation sites excluding steroid dienone is 2. The molecule has 1 aliphatic rings. The second-order valence-electron chi connectivity index (χ2n) is 16.1. The Kier molecular flexibility index (Phi) is 22.8. The van der Waals surface area contributed by atoms with Crippen LogP contribution in [0.2, 0.25) is 0 Å². The third-order valence-electron chi connectivity index (χ3n) is 10.3. The van der Waals surface area contributed by atoms with E-state index in [1.807, 2.05) is 32.0 Å². The van der Waals surface area contributed by atoms with E-state index in [1.54, 1.807) is 13.8 Å². The monoisotopic (exact) mass is 727 g/mol. The maximum absolute atomic E-state index is 13.6. The Labute approximate surface area is 316 Å². The molecule has 8 heteroatoms. The minimum Gasteiger partial charge on any atom is -0.481 e. The van der Waals surface area contributed by atoms with E-state index >= 15 is 0 Å². The molecule has 1 aromatic rings. The van der Waals surface area contributed by atoms with Crippen LogP contribution in [0.5, 0.6) is 0 Å². The number of hydrogen-bond acceptors (Lipinski definition) is 5. The van der Waals surface area contributed by atoms with Crippen LogP contribution in [0.1, 0.15) is 169 Å². The first-order chi connectivity index (χ1) is 24.9. The van der Waals surface area contributed by atoms with Gasteiger partial charge in [0.05, 0.1) is 12.5 Å². The number of rotatable bonds is 29. The predicted molar refractivity (Wildman–Crippen MR) is 212 cm³/mol. The van der Waals surface area contributed by atoms with Crippen LogP contribution in [0.25, 0.3) is 0 Å². The first-order valence-electron chi connectivity index (χ1n) is 20.8. The van der Waals surface area contributed by atoms with Crippen LogP contribution in [-0.4, -0.2) is 54.0 Å². The minimum atomic E-state index is -0.897. The number of carbonyl (C=O) groups excluding carboxylic acids is 2. The molecule has 52 heavy (non-hydrogen) atoms. The first-order valence-corrected chi connectivity index (χ1v) is 20.8. The van der Waals surface area contributed by atoms with Gasteiger partial charge in [0.2, 0.25) is 11.8 Å². The van der Waals surface area contributed by atoms with E-state index < -0.39 is 35.2 Å². The van der Waals surface area contributed by atoms with E-state index in [0.717, 1.165) is 44.9 Å². The SMILES string of the molecule is CCCCCCCCC=CCCCCCCCC(=O)NCCCCCC(C(=O)O)C(CCCc1ccccc1)NC(=O)C1OC(C)(C)OCC1(C)C. The highest BCUT2D eigenvalue weighted by Gasteiger charge is 2.46. The van der Waals surface area contributed by atoms with Crippen LogP contribution < -0.4 is 10.6 Å². The molecule has 0 spiro atoms. The Balaban J connectivity index is 1.68. The maximum Gasteiger partial charge on any atom is 0.308 e. The number of aryl methyl sites for hydroxylation is 1. The zero-order valence-corrected chi connectivity index (χ0v) is 33.5. The van der Waals surface area contributed by atoms with Gasteiger partial charge in [0.15, 0.2) is 5.79 Å². The molecule has 8 nitrogen and oxygen atoms in total. The summed E-state index contributed by atoms with van der Waals surface area (Å²) in [5, 5.41) is 16.5. The summed E-state index contributed by atoms with van der Waals surface area (Å²) in [6.45, 7) is 10.7. The van der Waals surface area contributed by atoms with E-state index in [0.29, 0.717) is 38.8 Å². The van der Waals surface area contributed by atoms with Crippen molar-refractivity contribution < 1.29 is 29.0 Å². The van der Waals surface area contributed by atoms with Crippen molar-refractivity contribution in [3.05, 3.63) is 48.0 Å². The molecule has 296 valence electrons. The number of aliphatic carboxylic acids is 1. The van der Waals surface area contributed by atoms with E-state index in [4.69, 9.17) is 9.47 Å². The Morgan fingerprint density at radius 3 is 2.08 bits per heavy atom. The van der Waals surface area contributed by atoms with Crippen LogP contribution in [-0.2, 0) is 30.3 Å². The van der Waals surface area contributed by atoms with Crippen LogP contribution in [0, 0.1) is 11.3 Å². The largest absolute Gasteiger partial charge is 0.481 e. The summed E-state index contributed by atoms with van der Waals surface area (Å²) in [6, 6.07) is 9.60. The van der Waals surface area contributed by atoms with E-state index in [-0.39, 0.29) is 11.8 Å². The van der Waals surface area contributed by atoms with Gasteiger partial charge >= 0.3 is 5.97 Å². The molecule has 1 fully saturated rings. The van der Waals surface area contributed by atoms with Gasteiger partial charge in [-0.2, -0.15) is 0 Å². The molecule has 2 rings (SSSR count). The molecule has 0 radical (unpaired) electrons. The molecular formula is C44H74N2O6. The fraction of sp³-hybridized carbons (Fsp3) is 0.750. The van der Waals surface area contributed by atoms with Crippen LogP contribution in [0.15, 0.2) is 42.5 Å². The van der Waals surface area contributed by atoms with Crippen molar-refractivity contribution in [3.63, 3.8) is 0 Å². The number of benzene rings is 1. The molecule has 0 saturated carbocycles. The number of carboxylic acid groups (broad SMARTS) is 1. The van der Waals surface area contributed by atoms with E-state index in [9.17, 15) is 19.5 Å². The summed E-state index contributed by atoms with van der Waals surface area (Å²) in [6.07, 6.45) is 25.5. The minimum absolute atomic E-state index is 0.101. The molecule has 1 aromatic carbocycles. The summed E-state index contributed by atoms with van der Waals surface area (Å²) < 4.78 is 11.9. The quantitative estimate of drug-likeness (QED) is 0.0560. The van der Waals surface area contributed by atoms with Crippen LogP contribution >= 0.6 is 0 Å². The Hall–Kier alpha value is -2.71. The average Bonchev–Trinajstić information content (AvgIpc) is 3.10. The van der Waals surface area contributed by atoms with Gasteiger partial charge in [-0.15, -0.1) is 0 Å². The highest BCUT2D eigenvalue weighted by molar-refractivity contribution is 5.83. The number of unbranched alkanes of at least 4 members (excludes halogenated alkanes) is 13. The Morgan fingerprint density at radius 1 is 0.808 bits per heavy atom. The number of amides is 2. The van der Waals surface area contributed by atoms with Crippen molar-refractivity contribution in [2.45, 2.75) is 187 Å². The number of carboxylic acids is 1. The van der Waals surface area contributed by atoms with Crippen LogP contribution in [0.3, 0.4) is 0 Å². The zero-order chi connectivity index (χ0) is 38.1. The lowest BCUT2D eigenvalue weighted by Gasteiger charge is -2.45. The standard InChI is InChI=1S/C44H74N2O6/c1-6-7-8-9-10-11-12-13-14-15-16-17-18-19-25-33-39(47)45-34-26-21-24-31-37(42(49)50)38(32-27-30-36-28-22-20-23-29-36)46-41(48)40-43(2,3)35-51-44(4,5)52-40/h13-14,20,22-23,28-29,37-38,40H,6-12,15-19,21,24-27,30-35H2,1-5H3,(H,45,47)(H,46,48)(H,49,50). The molecule has 0 aliphatic carbocycles. The molecule has 2 amide bonds. The summed E-state index contributed by atoms with van der Waals surface area (Å²) in [5.74, 6) is -2.70. The summed E-state index contributed by atoms with van der Waals surface area (Å²) in [4.78, 5) is 38.6. The molecule has 1 heterocycles. The number of carbonyl (C=O) groups is 3. The highest BCUT2D eigenvalue weighted by Crippen LogP contribution is 2.35. The lowest BCUT2D eigenvalue weighted by atomic mass is 9.84. The third kappa shape index (κ3) is 19.9. The first kappa shape index (κ1) is 45.4. The van der Waals surface area contributed by atoms with E-state index in [1.165, 1.54) is 69.8 Å². The fourth-order valence-electron chi connectivity index (χ4n) is 6.96. The molecule has 0 aromatic heterocycles. The number of nitrogens with one attached hydrogen (secondary N) is 2. The molecule has 3 N–H and O–H groups in total. The third-order valence-corrected chi connectivity index (χ3v) is 10.3. The normalized spacial score (nSPS) is 17.8. The Bertz CT molecular complexity index is 1150. The van der Waals surface area contributed by atoms with Crippen molar-refractivity contribution in [2.24, 2.45) is 11.3 Å². The smallest absolute Gasteiger partial charge is 0.308 e. The second-order valence-corrected chi connectivity index (χ2v) is 16.1. The van der Waals surface area contributed by atoms with Crippen molar-refractivity contribution in [1.82, 2.24) is 10.6 Å². The molecule has 0 bridgehead atoms. The van der Waals surface area contributed by atoms with Crippen molar-refractivity contribution >= 4 is 17.8 Å². The van der Waals surface area contributed by atoms with Crippen LogP contribution in [0.4, 0.5) is 0 Å². The molecule has 3 unspecified atom stereocenters. The molecule has 1 saturated heterocycles. The van der Waals surface area contributed by atoms with Gasteiger partial charge < -0.3 is 25.2 Å². The Morgan fingerprint density at radius 2 is 1.42 bits per heavy atom. The highest BCUT2D eigenvalue weighted by atomic mass is 16.7. The zero-order valence-electron chi connectivity index (χ0n) is 33.5. The lowest BCUT2D eigenvalue weighted by Crippen LogP contribution is -2.58. The number of ether oxygens (including phenoxy) is 2. The van der Waals surface area contributed by atoms with Gasteiger partial charge in [0.25, 0.3) is 0 Å². The van der Waals surface area contributed by atoms with Gasteiger partial charge in [-0.25, -0.2) is 0 Å². The molecular weight excluding hydrogens is 652 g/mol.